The number of piperazine rings is 1. The Labute approximate surface area is 98.8 Å². The summed E-state index contributed by atoms with van der Waals surface area (Å²) in [6, 6.07) is -0.526. The Morgan fingerprint density at radius 2 is 2.06 bits per heavy atom. The molecule has 2 rings (SSSR count). The fourth-order valence-corrected chi connectivity index (χ4v) is 2.11. The van der Waals surface area contributed by atoms with Gasteiger partial charge in [0.05, 0.1) is 19.0 Å². The summed E-state index contributed by atoms with van der Waals surface area (Å²) in [7, 11) is 0. The van der Waals surface area contributed by atoms with Crippen LogP contribution in [0.15, 0.2) is 0 Å². The predicted molar refractivity (Wildman–Crippen MR) is 60.2 cm³/mol. The van der Waals surface area contributed by atoms with E-state index in [2.05, 4.69) is 16.0 Å². The standard InChI is InChI=1S/C8H17ClN6O/c9-5-7(11)14-6(10)4(13-5)8(16)15-2-1-12-3-15/h4-7,12-14H,1-3,10-11H2. The van der Waals surface area contributed by atoms with Crippen molar-refractivity contribution in [2.24, 2.45) is 11.5 Å². The molecule has 0 bridgehead atoms. The highest BCUT2D eigenvalue weighted by Crippen LogP contribution is 2.09. The molecular formula is C8H17ClN6O. The first-order chi connectivity index (χ1) is 7.59. The zero-order chi connectivity index (χ0) is 11.7. The number of amides is 1. The van der Waals surface area contributed by atoms with E-state index < -0.39 is 23.9 Å². The van der Waals surface area contributed by atoms with Gasteiger partial charge in [0.1, 0.15) is 11.5 Å². The Hall–Kier alpha value is -0.440. The number of hydrogen-bond donors (Lipinski definition) is 5. The molecule has 7 nitrogen and oxygen atoms in total. The topological polar surface area (TPSA) is 108 Å². The number of rotatable bonds is 1. The quantitative estimate of drug-likeness (QED) is 0.251. The van der Waals surface area contributed by atoms with Crippen LogP contribution in [0.4, 0.5) is 0 Å². The Kier molecular flexibility index (Phi) is 3.63. The van der Waals surface area contributed by atoms with E-state index in [1.54, 1.807) is 4.90 Å². The van der Waals surface area contributed by atoms with Crippen molar-refractivity contribution in [3.63, 3.8) is 0 Å². The highest BCUT2D eigenvalue weighted by Gasteiger charge is 2.38. The van der Waals surface area contributed by atoms with Crippen molar-refractivity contribution in [2.75, 3.05) is 19.8 Å². The average molecular weight is 249 g/mol. The largest absolute Gasteiger partial charge is 0.327 e. The molecule has 2 aliphatic rings. The second-order valence-corrected chi connectivity index (χ2v) is 4.49. The van der Waals surface area contributed by atoms with E-state index >= 15 is 0 Å². The molecule has 0 aromatic rings. The molecule has 0 radical (unpaired) electrons. The number of nitrogens with one attached hydrogen (secondary N) is 3. The van der Waals surface area contributed by atoms with E-state index in [4.69, 9.17) is 23.1 Å². The third kappa shape index (κ3) is 2.29. The van der Waals surface area contributed by atoms with Gasteiger partial charge in [-0.2, -0.15) is 0 Å². The van der Waals surface area contributed by atoms with Crippen LogP contribution in [-0.4, -0.2) is 54.4 Å². The normalized spacial score (nSPS) is 40.1. The van der Waals surface area contributed by atoms with Gasteiger partial charge in [0, 0.05) is 13.1 Å². The number of hydrogen-bond acceptors (Lipinski definition) is 6. The Bertz CT molecular complexity index is 271. The smallest absolute Gasteiger partial charge is 0.243 e. The highest BCUT2D eigenvalue weighted by atomic mass is 35.5. The summed E-state index contributed by atoms with van der Waals surface area (Å²) in [4.78, 5) is 13.8. The van der Waals surface area contributed by atoms with Crippen LogP contribution in [0.5, 0.6) is 0 Å². The number of carbonyl (C=O) groups is 1. The van der Waals surface area contributed by atoms with Crippen LogP contribution in [0.3, 0.4) is 0 Å². The molecule has 2 aliphatic heterocycles. The molecule has 0 saturated carbocycles. The second-order valence-electron chi connectivity index (χ2n) is 4.02. The first kappa shape index (κ1) is 12.0. The van der Waals surface area contributed by atoms with Crippen LogP contribution in [0, 0.1) is 0 Å². The zero-order valence-corrected chi connectivity index (χ0v) is 9.57. The summed E-state index contributed by atoms with van der Waals surface area (Å²) < 4.78 is 0. The van der Waals surface area contributed by atoms with Gasteiger partial charge in [-0.05, 0) is 0 Å². The van der Waals surface area contributed by atoms with Crippen molar-refractivity contribution in [3.05, 3.63) is 0 Å². The summed E-state index contributed by atoms with van der Waals surface area (Å²) in [5.41, 5.74) is 11.0. The van der Waals surface area contributed by atoms with Gasteiger partial charge in [-0.1, -0.05) is 0 Å². The Morgan fingerprint density at radius 3 is 2.69 bits per heavy atom. The first-order valence-electron chi connectivity index (χ1n) is 5.26. The molecule has 0 spiro atoms. The SMILES string of the molecule is NC1NC(N)C(C(=O)N2CCNC2)NC1Cl. The average Bonchev–Trinajstić information content (AvgIpc) is 2.75. The van der Waals surface area contributed by atoms with E-state index in [0.29, 0.717) is 13.2 Å². The van der Waals surface area contributed by atoms with Gasteiger partial charge in [-0.15, -0.1) is 11.6 Å². The minimum Gasteiger partial charge on any atom is -0.327 e. The maximum absolute atomic E-state index is 12.1. The van der Waals surface area contributed by atoms with E-state index in [1.807, 2.05) is 0 Å². The summed E-state index contributed by atoms with van der Waals surface area (Å²) in [5, 5.41) is 8.89. The van der Waals surface area contributed by atoms with Crippen molar-refractivity contribution in [1.29, 1.82) is 0 Å². The Balaban J connectivity index is 1.99. The number of carbonyl (C=O) groups excluding carboxylic acids is 1. The lowest BCUT2D eigenvalue weighted by molar-refractivity contribution is -0.134. The van der Waals surface area contributed by atoms with Crippen LogP contribution < -0.4 is 27.4 Å². The number of halogens is 1. The molecule has 0 aromatic carbocycles. The lowest BCUT2D eigenvalue weighted by Gasteiger charge is -2.38. The fraction of sp³-hybridized carbons (Fsp3) is 0.875. The van der Waals surface area contributed by atoms with Crippen LogP contribution in [0.25, 0.3) is 0 Å². The van der Waals surface area contributed by atoms with Gasteiger partial charge in [-0.3, -0.25) is 20.7 Å². The van der Waals surface area contributed by atoms with Crippen molar-refractivity contribution >= 4 is 17.5 Å². The van der Waals surface area contributed by atoms with Gasteiger partial charge in [0.25, 0.3) is 0 Å². The summed E-state index contributed by atoms with van der Waals surface area (Å²) in [5.74, 6) is -0.0532. The molecule has 4 atom stereocenters. The monoisotopic (exact) mass is 248 g/mol. The molecule has 92 valence electrons. The van der Waals surface area contributed by atoms with Gasteiger partial charge in [0.2, 0.25) is 5.91 Å². The van der Waals surface area contributed by atoms with E-state index in [-0.39, 0.29) is 5.91 Å². The van der Waals surface area contributed by atoms with Crippen molar-refractivity contribution in [3.8, 4) is 0 Å². The predicted octanol–water partition coefficient (Wildman–Crippen LogP) is -2.93. The number of nitrogens with two attached hydrogens (primary N) is 2. The van der Waals surface area contributed by atoms with Crippen LogP contribution in [0.1, 0.15) is 0 Å². The van der Waals surface area contributed by atoms with Crippen molar-refractivity contribution in [2.45, 2.75) is 23.9 Å². The summed E-state index contributed by atoms with van der Waals surface area (Å²) in [6.45, 7) is 2.07. The van der Waals surface area contributed by atoms with Gasteiger partial charge >= 0.3 is 0 Å². The minimum atomic E-state index is -0.526. The maximum Gasteiger partial charge on any atom is 0.243 e. The molecule has 4 unspecified atom stereocenters. The first-order valence-corrected chi connectivity index (χ1v) is 5.70. The Morgan fingerprint density at radius 1 is 1.31 bits per heavy atom. The van der Waals surface area contributed by atoms with Gasteiger partial charge < -0.3 is 16.4 Å². The lowest BCUT2D eigenvalue weighted by atomic mass is 10.1. The zero-order valence-electron chi connectivity index (χ0n) is 8.82. The maximum atomic E-state index is 12.1. The summed E-state index contributed by atoms with van der Waals surface area (Å²) >= 11 is 5.94. The molecule has 16 heavy (non-hydrogen) atoms. The molecule has 7 N–H and O–H groups in total. The fourth-order valence-electron chi connectivity index (χ4n) is 1.90. The second kappa shape index (κ2) is 4.82. The molecule has 1 amide bonds. The molecular weight excluding hydrogens is 232 g/mol. The number of nitrogens with zero attached hydrogens (tertiary/aromatic N) is 1. The molecule has 0 aliphatic carbocycles. The van der Waals surface area contributed by atoms with Crippen molar-refractivity contribution < 1.29 is 4.79 Å². The summed E-state index contributed by atoms with van der Waals surface area (Å²) in [6.07, 6.45) is -0.962. The third-order valence-electron chi connectivity index (χ3n) is 2.84. The van der Waals surface area contributed by atoms with Crippen molar-refractivity contribution in [1.82, 2.24) is 20.9 Å². The molecule has 2 heterocycles. The molecule has 2 saturated heterocycles. The van der Waals surface area contributed by atoms with Gasteiger partial charge in [-0.25, -0.2) is 0 Å². The highest BCUT2D eigenvalue weighted by molar-refractivity contribution is 6.21. The van der Waals surface area contributed by atoms with Crippen LogP contribution in [-0.2, 0) is 4.79 Å². The van der Waals surface area contributed by atoms with Gasteiger partial charge in [0.15, 0.2) is 0 Å². The minimum absolute atomic E-state index is 0.0532. The van der Waals surface area contributed by atoms with E-state index in [9.17, 15) is 4.79 Å². The van der Waals surface area contributed by atoms with Crippen LogP contribution in [0.2, 0.25) is 0 Å². The molecule has 8 heteroatoms. The lowest BCUT2D eigenvalue weighted by Crippen LogP contribution is -2.73. The third-order valence-corrected chi connectivity index (χ3v) is 3.23. The van der Waals surface area contributed by atoms with E-state index in [0.717, 1.165) is 6.54 Å². The molecule has 2 fully saturated rings. The van der Waals surface area contributed by atoms with Crippen LogP contribution >= 0.6 is 11.6 Å². The van der Waals surface area contributed by atoms with E-state index in [1.165, 1.54) is 0 Å². The molecule has 0 aromatic heterocycles. The number of alkyl halides is 1.